The Bertz CT molecular complexity index is 362. The average Bonchev–Trinajstić information content (AvgIpc) is 2.51. The second-order valence-corrected chi connectivity index (χ2v) is 5.65. The van der Waals surface area contributed by atoms with Crippen molar-refractivity contribution in [2.45, 2.75) is 51.6 Å². The van der Waals surface area contributed by atoms with E-state index in [-0.39, 0.29) is 0 Å². The van der Waals surface area contributed by atoms with Crippen LogP contribution in [-0.4, -0.2) is 30.1 Å². The number of piperazine rings is 1. The largest absolute Gasteiger partial charge is 0.308 e. The topological polar surface area (TPSA) is 15.3 Å². The quantitative estimate of drug-likeness (QED) is 0.870. The van der Waals surface area contributed by atoms with Crippen molar-refractivity contribution in [3.63, 3.8) is 0 Å². The first kappa shape index (κ1) is 14.5. The van der Waals surface area contributed by atoms with E-state index >= 15 is 0 Å². The van der Waals surface area contributed by atoms with Crippen molar-refractivity contribution in [1.29, 1.82) is 0 Å². The maximum atomic E-state index is 3.67. The predicted octanol–water partition coefficient (Wildman–Crippen LogP) is 3.60. The minimum atomic E-state index is 0.398. The molecule has 1 saturated heterocycles. The molecule has 1 fully saturated rings. The van der Waals surface area contributed by atoms with Crippen molar-refractivity contribution in [1.82, 2.24) is 10.2 Å². The zero-order valence-electron chi connectivity index (χ0n) is 12.7. The van der Waals surface area contributed by atoms with Crippen LogP contribution in [0.1, 0.15) is 51.6 Å². The molecule has 0 aliphatic carbocycles. The van der Waals surface area contributed by atoms with Gasteiger partial charge in [0.2, 0.25) is 0 Å². The Morgan fingerprint density at radius 3 is 2.32 bits per heavy atom. The van der Waals surface area contributed by atoms with Gasteiger partial charge in [-0.05, 0) is 24.8 Å². The third-order valence-electron chi connectivity index (χ3n) is 5.02. The standard InChI is InChI=1S/C17H28N2/c1-4-17(5-2,6-3)19-13-12-18-16(14-19)15-10-8-7-9-11-15/h7-11,16,18H,4-6,12-14H2,1-3H3. The van der Waals surface area contributed by atoms with E-state index in [1.807, 2.05) is 0 Å². The van der Waals surface area contributed by atoms with Crippen LogP contribution >= 0.6 is 0 Å². The molecular formula is C17H28N2. The van der Waals surface area contributed by atoms with Gasteiger partial charge in [0.25, 0.3) is 0 Å². The molecule has 1 N–H and O–H groups in total. The average molecular weight is 260 g/mol. The zero-order chi connectivity index (χ0) is 13.7. The number of nitrogens with zero attached hydrogens (tertiary/aromatic N) is 1. The normalized spacial score (nSPS) is 21.5. The van der Waals surface area contributed by atoms with Crippen LogP contribution in [0, 0.1) is 0 Å². The van der Waals surface area contributed by atoms with E-state index < -0.39 is 0 Å². The van der Waals surface area contributed by atoms with Crippen molar-refractivity contribution in [2.75, 3.05) is 19.6 Å². The third-order valence-corrected chi connectivity index (χ3v) is 5.02. The van der Waals surface area contributed by atoms with Crippen LogP contribution < -0.4 is 5.32 Å². The molecule has 0 bridgehead atoms. The summed E-state index contributed by atoms with van der Waals surface area (Å²) in [5, 5.41) is 3.67. The minimum absolute atomic E-state index is 0.398. The Hall–Kier alpha value is -0.860. The Labute approximate surface area is 118 Å². The molecule has 0 amide bonds. The smallest absolute Gasteiger partial charge is 0.0449 e. The minimum Gasteiger partial charge on any atom is -0.308 e. The van der Waals surface area contributed by atoms with Gasteiger partial charge in [-0.1, -0.05) is 51.1 Å². The summed E-state index contributed by atoms with van der Waals surface area (Å²) >= 11 is 0. The molecule has 0 spiro atoms. The lowest BCUT2D eigenvalue weighted by molar-refractivity contribution is 0.0444. The van der Waals surface area contributed by atoms with Gasteiger partial charge in [-0.2, -0.15) is 0 Å². The van der Waals surface area contributed by atoms with Crippen LogP contribution in [0.15, 0.2) is 30.3 Å². The summed E-state index contributed by atoms with van der Waals surface area (Å²) in [5.74, 6) is 0. The molecule has 2 nitrogen and oxygen atoms in total. The van der Waals surface area contributed by atoms with Crippen molar-refractivity contribution in [2.24, 2.45) is 0 Å². The second kappa shape index (κ2) is 6.53. The lowest BCUT2D eigenvalue weighted by Gasteiger charge is -2.47. The maximum absolute atomic E-state index is 3.67. The molecule has 0 radical (unpaired) electrons. The fraction of sp³-hybridized carbons (Fsp3) is 0.647. The van der Waals surface area contributed by atoms with Crippen LogP contribution in [0.2, 0.25) is 0 Å². The van der Waals surface area contributed by atoms with E-state index in [4.69, 9.17) is 0 Å². The molecular weight excluding hydrogens is 232 g/mol. The molecule has 2 heteroatoms. The Morgan fingerprint density at radius 1 is 1.11 bits per heavy atom. The van der Waals surface area contributed by atoms with E-state index in [1.165, 1.54) is 31.4 Å². The zero-order valence-corrected chi connectivity index (χ0v) is 12.7. The number of rotatable bonds is 5. The molecule has 1 aliphatic heterocycles. The van der Waals surface area contributed by atoms with E-state index in [9.17, 15) is 0 Å². The summed E-state index contributed by atoms with van der Waals surface area (Å²) in [6.45, 7) is 10.4. The fourth-order valence-electron chi connectivity index (χ4n) is 3.51. The lowest BCUT2D eigenvalue weighted by Crippen LogP contribution is -2.56. The summed E-state index contributed by atoms with van der Waals surface area (Å²) in [6.07, 6.45) is 3.75. The first-order valence-electron chi connectivity index (χ1n) is 7.79. The molecule has 1 aromatic rings. The van der Waals surface area contributed by atoms with Crippen LogP contribution in [-0.2, 0) is 0 Å². The molecule has 2 rings (SSSR count). The van der Waals surface area contributed by atoms with Gasteiger partial charge < -0.3 is 5.32 Å². The van der Waals surface area contributed by atoms with Crippen LogP contribution in [0.25, 0.3) is 0 Å². The van der Waals surface area contributed by atoms with Crippen molar-refractivity contribution >= 4 is 0 Å². The van der Waals surface area contributed by atoms with Gasteiger partial charge in [-0.3, -0.25) is 4.90 Å². The number of hydrogen-bond donors (Lipinski definition) is 1. The molecule has 0 saturated carbocycles. The van der Waals surface area contributed by atoms with Gasteiger partial charge in [0, 0.05) is 31.2 Å². The highest BCUT2D eigenvalue weighted by molar-refractivity contribution is 5.20. The summed E-state index contributed by atoms with van der Waals surface area (Å²) in [7, 11) is 0. The van der Waals surface area contributed by atoms with Crippen LogP contribution in [0.4, 0.5) is 0 Å². The van der Waals surface area contributed by atoms with Gasteiger partial charge >= 0.3 is 0 Å². The van der Waals surface area contributed by atoms with E-state index in [1.54, 1.807) is 0 Å². The molecule has 19 heavy (non-hydrogen) atoms. The second-order valence-electron chi connectivity index (χ2n) is 5.65. The first-order chi connectivity index (χ1) is 9.25. The van der Waals surface area contributed by atoms with Crippen molar-refractivity contribution in [3.8, 4) is 0 Å². The highest BCUT2D eigenvalue weighted by Crippen LogP contribution is 2.31. The monoisotopic (exact) mass is 260 g/mol. The molecule has 1 aromatic carbocycles. The van der Waals surface area contributed by atoms with Gasteiger partial charge in [-0.15, -0.1) is 0 Å². The van der Waals surface area contributed by atoms with Gasteiger partial charge in [-0.25, -0.2) is 0 Å². The van der Waals surface area contributed by atoms with E-state index in [2.05, 4.69) is 61.3 Å². The summed E-state index contributed by atoms with van der Waals surface area (Å²) < 4.78 is 0. The van der Waals surface area contributed by atoms with Crippen molar-refractivity contribution < 1.29 is 0 Å². The SMILES string of the molecule is CCC(CC)(CC)N1CCNC(c2ccccc2)C1. The van der Waals surface area contributed by atoms with Crippen LogP contribution in [0.3, 0.4) is 0 Å². The fourth-order valence-corrected chi connectivity index (χ4v) is 3.51. The number of benzene rings is 1. The molecule has 106 valence electrons. The molecule has 1 heterocycles. The lowest BCUT2D eigenvalue weighted by atomic mass is 9.86. The summed E-state index contributed by atoms with van der Waals surface area (Å²) in [6, 6.07) is 11.3. The number of nitrogens with one attached hydrogen (secondary N) is 1. The maximum Gasteiger partial charge on any atom is 0.0449 e. The predicted molar refractivity (Wildman–Crippen MR) is 82.4 cm³/mol. The highest BCUT2D eigenvalue weighted by Gasteiger charge is 2.34. The Morgan fingerprint density at radius 2 is 1.74 bits per heavy atom. The molecule has 1 atom stereocenters. The van der Waals surface area contributed by atoms with E-state index in [0.29, 0.717) is 11.6 Å². The number of hydrogen-bond acceptors (Lipinski definition) is 2. The first-order valence-corrected chi connectivity index (χ1v) is 7.79. The highest BCUT2D eigenvalue weighted by atomic mass is 15.3. The molecule has 1 unspecified atom stereocenters. The summed E-state index contributed by atoms with van der Waals surface area (Å²) in [5.41, 5.74) is 1.82. The van der Waals surface area contributed by atoms with Crippen LogP contribution in [0.5, 0.6) is 0 Å². The van der Waals surface area contributed by atoms with Crippen molar-refractivity contribution in [3.05, 3.63) is 35.9 Å². The van der Waals surface area contributed by atoms with Gasteiger partial charge in [0.05, 0.1) is 0 Å². The van der Waals surface area contributed by atoms with E-state index in [0.717, 1.165) is 13.1 Å². The molecule has 0 aromatic heterocycles. The Balaban J connectivity index is 2.13. The van der Waals surface area contributed by atoms with Gasteiger partial charge in [0.1, 0.15) is 0 Å². The summed E-state index contributed by atoms with van der Waals surface area (Å²) in [4.78, 5) is 2.72. The Kier molecular flexibility index (Phi) is 5.00. The van der Waals surface area contributed by atoms with Gasteiger partial charge in [0.15, 0.2) is 0 Å². The molecule has 1 aliphatic rings. The third kappa shape index (κ3) is 3.01.